The molecule has 0 saturated carbocycles. The van der Waals surface area contributed by atoms with E-state index in [1.807, 2.05) is 17.4 Å². The monoisotopic (exact) mass is 391 g/mol. The van der Waals surface area contributed by atoms with E-state index in [1.54, 1.807) is 42.6 Å². The summed E-state index contributed by atoms with van der Waals surface area (Å²) in [6.07, 6.45) is 6.99. The summed E-state index contributed by atoms with van der Waals surface area (Å²) < 4.78 is 5.30. The number of ether oxygens (including phenoxy) is 1. The van der Waals surface area contributed by atoms with Gasteiger partial charge in [-0.15, -0.1) is 23.1 Å². The summed E-state index contributed by atoms with van der Waals surface area (Å²) in [5.41, 5.74) is 3.59. The van der Waals surface area contributed by atoms with Crippen LogP contribution in [0.5, 0.6) is 5.75 Å². The number of carbonyl (C=O) groups excluding carboxylic acids is 1. The molecule has 1 aromatic heterocycles. The largest absolute Gasteiger partial charge is 0.495 e. The number of thiophene rings is 1. The number of benzene rings is 1. The Morgan fingerprint density at radius 1 is 1.24 bits per heavy atom. The van der Waals surface area contributed by atoms with Crippen LogP contribution in [0, 0.1) is 0 Å². The summed E-state index contributed by atoms with van der Waals surface area (Å²) in [4.78, 5) is 16.2. The Kier molecular flexibility index (Phi) is 4.80. The van der Waals surface area contributed by atoms with E-state index < -0.39 is 0 Å². The standard InChI is InChI=1S/C19H18ClNO2S2/c1-23-15-7-6-11(20)8-14(15)21-19(22)18-9-17-13(10-24-18)12-4-2-3-5-16(12)25-17/h6-9H,2-5,10H2,1H3,(H,21,22). The lowest BCUT2D eigenvalue weighted by Crippen LogP contribution is -2.15. The minimum absolute atomic E-state index is 0.109. The Morgan fingerprint density at radius 3 is 2.92 bits per heavy atom. The summed E-state index contributed by atoms with van der Waals surface area (Å²) >= 11 is 9.51. The van der Waals surface area contributed by atoms with Crippen molar-refractivity contribution in [3.63, 3.8) is 0 Å². The molecule has 2 aliphatic rings. The first-order valence-corrected chi connectivity index (χ1v) is 10.5. The molecule has 0 bridgehead atoms. The minimum Gasteiger partial charge on any atom is -0.495 e. The molecular weight excluding hydrogens is 374 g/mol. The van der Waals surface area contributed by atoms with Crippen LogP contribution in [0.4, 0.5) is 5.69 Å². The highest BCUT2D eigenvalue weighted by Gasteiger charge is 2.25. The number of anilines is 1. The first kappa shape index (κ1) is 17.0. The van der Waals surface area contributed by atoms with Gasteiger partial charge < -0.3 is 10.1 Å². The Labute approximate surface area is 160 Å². The topological polar surface area (TPSA) is 38.3 Å². The molecule has 0 radical (unpaired) electrons. The molecule has 25 heavy (non-hydrogen) atoms. The molecule has 3 nitrogen and oxygen atoms in total. The van der Waals surface area contributed by atoms with Gasteiger partial charge in [0.15, 0.2) is 0 Å². The minimum atomic E-state index is -0.109. The maximum absolute atomic E-state index is 12.7. The predicted molar refractivity (Wildman–Crippen MR) is 107 cm³/mol. The van der Waals surface area contributed by atoms with Gasteiger partial charge in [0.2, 0.25) is 0 Å². The van der Waals surface area contributed by atoms with Crippen LogP contribution in [0.1, 0.15) is 33.7 Å². The van der Waals surface area contributed by atoms with Crippen LogP contribution < -0.4 is 10.1 Å². The van der Waals surface area contributed by atoms with Crippen molar-refractivity contribution in [3.8, 4) is 5.75 Å². The zero-order chi connectivity index (χ0) is 17.4. The fraction of sp³-hybridized carbons (Fsp3) is 0.316. The zero-order valence-corrected chi connectivity index (χ0v) is 16.2. The van der Waals surface area contributed by atoms with Crippen molar-refractivity contribution in [2.75, 3.05) is 12.4 Å². The van der Waals surface area contributed by atoms with E-state index in [1.165, 1.54) is 41.0 Å². The van der Waals surface area contributed by atoms with Crippen LogP contribution in [-0.4, -0.2) is 13.0 Å². The van der Waals surface area contributed by atoms with Gasteiger partial charge in [0.1, 0.15) is 5.75 Å². The number of hydrogen-bond acceptors (Lipinski definition) is 4. The molecule has 130 valence electrons. The van der Waals surface area contributed by atoms with E-state index >= 15 is 0 Å². The number of amides is 1. The van der Waals surface area contributed by atoms with E-state index in [9.17, 15) is 4.79 Å². The zero-order valence-electron chi connectivity index (χ0n) is 13.9. The molecule has 1 aliphatic heterocycles. The molecule has 1 amide bonds. The average molecular weight is 392 g/mol. The molecule has 1 aliphatic carbocycles. The summed E-state index contributed by atoms with van der Waals surface area (Å²) in [6.45, 7) is 0. The third-order valence-corrected chi connectivity index (χ3v) is 7.14. The van der Waals surface area contributed by atoms with Crippen LogP contribution >= 0.6 is 34.7 Å². The number of rotatable bonds is 3. The molecular formula is C19H18ClNO2S2. The van der Waals surface area contributed by atoms with Gasteiger partial charge in [-0.3, -0.25) is 4.79 Å². The number of methoxy groups -OCH3 is 1. The third-order valence-electron chi connectivity index (χ3n) is 4.58. The van der Waals surface area contributed by atoms with Gasteiger partial charge in [-0.2, -0.15) is 0 Å². The summed E-state index contributed by atoms with van der Waals surface area (Å²) in [5.74, 6) is 1.38. The van der Waals surface area contributed by atoms with E-state index in [0.717, 1.165) is 10.7 Å². The van der Waals surface area contributed by atoms with E-state index in [-0.39, 0.29) is 5.91 Å². The molecule has 2 heterocycles. The summed E-state index contributed by atoms with van der Waals surface area (Å²) in [6, 6.07) is 5.21. The van der Waals surface area contributed by atoms with E-state index in [0.29, 0.717) is 16.5 Å². The number of halogens is 1. The molecule has 0 unspecified atom stereocenters. The maximum Gasteiger partial charge on any atom is 0.262 e. The Bertz CT molecular complexity index is 873. The second-order valence-corrected chi connectivity index (χ2v) is 8.74. The second kappa shape index (κ2) is 7.06. The Hall–Kier alpha value is -1.43. The van der Waals surface area contributed by atoms with Gasteiger partial charge in [0.05, 0.1) is 17.7 Å². The predicted octanol–water partition coefficient (Wildman–Crippen LogP) is 5.52. The first-order chi connectivity index (χ1) is 12.2. The van der Waals surface area contributed by atoms with Crippen molar-refractivity contribution in [3.05, 3.63) is 49.0 Å². The summed E-state index contributed by atoms with van der Waals surface area (Å²) in [5, 5.41) is 3.50. The quantitative estimate of drug-likeness (QED) is 0.749. The number of nitrogens with one attached hydrogen (secondary N) is 1. The number of fused-ring (bicyclic) bond motifs is 3. The lowest BCUT2D eigenvalue weighted by atomic mass is 9.95. The van der Waals surface area contributed by atoms with Crippen LogP contribution in [-0.2, 0) is 23.4 Å². The maximum atomic E-state index is 12.7. The lowest BCUT2D eigenvalue weighted by molar-refractivity contribution is -0.112. The van der Waals surface area contributed by atoms with Crippen molar-refractivity contribution < 1.29 is 9.53 Å². The molecule has 1 aromatic carbocycles. The molecule has 2 aromatic rings. The number of hydrogen-bond donors (Lipinski definition) is 1. The van der Waals surface area contributed by atoms with Gasteiger partial charge in [-0.1, -0.05) is 11.6 Å². The number of aryl methyl sites for hydroxylation is 1. The highest BCUT2D eigenvalue weighted by atomic mass is 35.5. The van der Waals surface area contributed by atoms with Gasteiger partial charge in [-0.25, -0.2) is 0 Å². The molecule has 0 atom stereocenters. The molecule has 0 fully saturated rings. The smallest absolute Gasteiger partial charge is 0.262 e. The van der Waals surface area contributed by atoms with E-state index in [4.69, 9.17) is 16.3 Å². The SMILES string of the molecule is COc1ccc(Cl)cc1NC(=O)C1=Cc2sc3c(c2CS1)CCCC3. The van der Waals surface area contributed by atoms with Crippen LogP contribution in [0.15, 0.2) is 23.1 Å². The molecule has 4 rings (SSSR count). The highest BCUT2D eigenvalue weighted by molar-refractivity contribution is 8.03. The summed E-state index contributed by atoms with van der Waals surface area (Å²) in [7, 11) is 1.58. The molecule has 0 spiro atoms. The third kappa shape index (κ3) is 3.33. The Balaban J connectivity index is 1.59. The molecule has 1 N–H and O–H groups in total. The van der Waals surface area contributed by atoms with Gasteiger partial charge in [-0.05, 0) is 61.1 Å². The van der Waals surface area contributed by atoms with E-state index in [2.05, 4.69) is 5.32 Å². The number of carbonyl (C=O) groups is 1. The van der Waals surface area contributed by atoms with Gasteiger partial charge in [0.25, 0.3) is 5.91 Å². The van der Waals surface area contributed by atoms with Crippen molar-refractivity contribution in [1.82, 2.24) is 0 Å². The molecule has 0 saturated heterocycles. The Morgan fingerprint density at radius 2 is 2.08 bits per heavy atom. The molecule has 6 heteroatoms. The fourth-order valence-electron chi connectivity index (χ4n) is 3.33. The van der Waals surface area contributed by atoms with Crippen molar-refractivity contribution >= 4 is 52.4 Å². The van der Waals surface area contributed by atoms with Gasteiger partial charge in [0, 0.05) is 20.5 Å². The highest BCUT2D eigenvalue weighted by Crippen LogP contribution is 2.43. The fourth-order valence-corrected chi connectivity index (χ4v) is 6.04. The van der Waals surface area contributed by atoms with Crippen LogP contribution in [0.3, 0.4) is 0 Å². The normalized spacial score (nSPS) is 15.8. The lowest BCUT2D eigenvalue weighted by Gasteiger charge is -2.17. The van der Waals surface area contributed by atoms with Gasteiger partial charge >= 0.3 is 0 Å². The second-order valence-electron chi connectivity index (χ2n) is 6.15. The first-order valence-electron chi connectivity index (χ1n) is 8.28. The van der Waals surface area contributed by atoms with Crippen LogP contribution in [0.2, 0.25) is 5.02 Å². The van der Waals surface area contributed by atoms with Crippen molar-refractivity contribution in [2.24, 2.45) is 0 Å². The average Bonchev–Trinajstić information content (AvgIpc) is 2.99. The van der Waals surface area contributed by atoms with Crippen molar-refractivity contribution in [2.45, 2.75) is 31.4 Å². The van der Waals surface area contributed by atoms with Crippen molar-refractivity contribution in [1.29, 1.82) is 0 Å². The number of thioether (sulfide) groups is 1. The van der Waals surface area contributed by atoms with Crippen LogP contribution in [0.25, 0.3) is 6.08 Å².